The van der Waals surface area contributed by atoms with E-state index >= 15 is 0 Å². The predicted molar refractivity (Wildman–Crippen MR) is 99.6 cm³/mol. The molecule has 3 nitrogen and oxygen atoms in total. The lowest BCUT2D eigenvalue weighted by molar-refractivity contribution is 0.215. The van der Waals surface area contributed by atoms with Crippen LogP contribution in [-0.4, -0.2) is 35.7 Å². The van der Waals surface area contributed by atoms with Crippen molar-refractivity contribution in [3.63, 3.8) is 0 Å². The van der Waals surface area contributed by atoms with Gasteiger partial charge in [0.1, 0.15) is 0 Å². The number of hydrogen-bond donors (Lipinski definition) is 2. The van der Waals surface area contributed by atoms with Gasteiger partial charge in [-0.1, -0.05) is 32.4 Å². The summed E-state index contributed by atoms with van der Waals surface area (Å²) in [5.41, 5.74) is 2.40. The quantitative estimate of drug-likeness (QED) is 0.803. The molecule has 22 heavy (non-hydrogen) atoms. The van der Waals surface area contributed by atoms with Crippen LogP contribution in [0, 0.1) is 0 Å². The van der Waals surface area contributed by atoms with Crippen LogP contribution in [0.3, 0.4) is 0 Å². The summed E-state index contributed by atoms with van der Waals surface area (Å²) in [5.74, 6) is 0.559. The monoisotopic (exact) mass is 319 g/mol. The van der Waals surface area contributed by atoms with Crippen LogP contribution < -0.4 is 10.6 Å². The van der Waals surface area contributed by atoms with E-state index in [-0.39, 0.29) is 0 Å². The van der Waals surface area contributed by atoms with E-state index in [1.807, 2.05) is 0 Å². The summed E-state index contributed by atoms with van der Waals surface area (Å²) >= 11 is 5.42. The number of hydrogen-bond acceptors (Lipinski definition) is 2. The summed E-state index contributed by atoms with van der Waals surface area (Å²) in [6.45, 7) is 10.1. The Morgan fingerprint density at radius 2 is 1.73 bits per heavy atom. The van der Waals surface area contributed by atoms with Gasteiger partial charge in [-0.15, -0.1) is 0 Å². The van der Waals surface area contributed by atoms with Crippen LogP contribution >= 0.6 is 12.2 Å². The summed E-state index contributed by atoms with van der Waals surface area (Å²) in [6.07, 6.45) is 4.04. The smallest absolute Gasteiger partial charge is 0.171 e. The Morgan fingerprint density at radius 3 is 2.32 bits per heavy atom. The molecule has 0 aliphatic carbocycles. The number of piperidine rings is 1. The SMILES string of the molecule is CC(C)c1ccc(NC(=S)N[C@H](C)CN2CCCCC2)cc1. The van der Waals surface area contributed by atoms with Crippen LogP contribution in [0.15, 0.2) is 24.3 Å². The highest BCUT2D eigenvalue weighted by molar-refractivity contribution is 7.80. The summed E-state index contributed by atoms with van der Waals surface area (Å²) in [7, 11) is 0. The minimum absolute atomic E-state index is 0.369. The molecule has 122 valence electrons. The maximum absolute atomic E-state index is 5.42. The second kappa shape index (κ2) is 8.49. The van der Waals surface area contributed by atoms with Gasteiger partial charge in [-0.05, 0) is 68.7 Å². The zero-order valence-electron chi connectivity index (χ0n) is 14.1. The van der Waals surface area contributed by atoms with Crippen LogP contribution in [0.5, 0.6) is 0 Å². The number of nitrogens with zero attached hydrogens (tertiary/aromatic N) is 1. The average Bonchev–Trinajstić information content (AvgIpc) is 2.48. The minimum Gasteiger partial charge on any atom is -0.359 e. The maximum atomic E-state index is 5.42. The molecule has 0 amide bonds. The Labute approximate surface area is 140 Å². The lowest BCUT2D eigenvalue weighted by atomic mass is 10.0. The summed E-state index contributed by atoms with van der Waals surface area (Å²) < 4.78 is 0. The van der Waals surface area contributed by atoms with Crippen LogP contribution in [0.1, 0.15) is 51.5 Å². The van der Waals surface area contributed by atoms with Crippen LogP contribution in [0.4, 0.5) is 5.69 Å². The van der Waals surface area contributed by atoms with Crippen molar-refractivity contribution in [2.45, 2.75) is 52.0 Å². The first-order valence-corrected chi connectivity index (χ1v) is 8.85. The van der Waals surface area contributed by atoms with Crippen LogP contribution in [0.2, 0.25) is 0 Å². The third-order valence-corrected chi connectivity index (χ3v) is 4.41. The lowest BCUT2D eigenvalue weighted by Gasteiger charge is -2.29. The summed E-state index contributed by atoms with van der Waals surface area (Å²) in [6, 6.07) is 8.88. The van der Waals surface area contributed by atoms with Crippen molar-refractivity contribution in [3.05, 3.63) is 29.8 Å². The number of rotatable bonds is 5. The number of likely N-dealkylation sites (tertiary alicyclic amines) is 1. The minimum atomic E-state index is 0.369. The summed E-state index contributed by atoms with van der Waals surface area (Å²) in [4.78, 5) is 2.53. The fourth-order valence-corrected chi connectivity index (χ4v) is 3.24. The highest BCUT2D eigenvalue weighted by Crippen LogP contribution is 2.17. The topological polar surface area (TPSA) is 27.3 Å². The van der Waals surface area contributed by atoms with E-state index in [0.29, 0.717) is 17.1 Å². The molecular weight excluding hydrogens is 290 g/mol. The van der Waals surface area contributed by atoms with E-state index in [1.165, 1.54) is 37.9 Å². The molecule has 1 heterocycles. The zero-order valence-corrected chi connectivity index (χ0v) is 14.9. The van der Waals surface area contributed by atoms with Crippen molar-refractivity contribution in [1.29, 1.82) is 0 Å². The Bertz CT molecular complexity index is 464. The molecule has 1 aliphatic heterocycles. The second-order valence-corrected chi connectivity index (χ2v) is 7.05. The normalized spacial score (nSPS) is 17.3. The van der Waals surface area contributed by atoms with Gasteiger partial charge in [0.2, 0.25) is 0 Å². The molecule has 4 heteroatoms. The molecule has 0 bridgehead atoms. The molecule has 1 aromatic rings. The van der Waals surface area contributed by atoms with Gasteiger partial charge in [-0.25, -0.2) is 0 Å². The number of nitrogens with one attached hydrogen (secondary N) is 2. The van der Waals surface area contributed by atoms with Crippen molar-refractivity contribution < 1.29 is 0 Å². The molecular formula is C18H29N3S. The van der Waals surface area contributed by atoms with Gasteiger partial charge < -0.3 is 15.5 Å². The lowest BCUT2D eigenvalue weighted by Crippen LogP contribution is -2.44. The van der Waals surface area contributed by atoms with Gasteiger partial charge in [0.05, 0.1) is 0 Å². The Hall–Kier alpha value is -1.13. The van der Waals surface area contributed by atoms with Gasteiger partial charge >= 0.3 is 0 Å². The van der Waals surface area contributed by atoms with E-state index in [0.717, 1.165) is 12.2 Å². The number of anilines is 1. The van der Waals surface area contributed by atoms with Crippen LogP contribution in [-0.2, 0) is 0 Å². The Balaban J connectivity index is 1.76. The highest BCUT2D eigenvalue weighted by atomic mass is 32.1. The Kier molecular flexibility index (Phi) is 6.65. The second-order valence-electron chi connectivity index (χ2n) is 6.64. The molecule has 2 rings (SSSR count). The van der Waals surface area contributed by atoms with Gasteiger partial charge in [0.15, 0.2) is 5.11 Å². The first-order valence-electron chi connectivity index (χ1n) is 8.44. The average molecular weight is 320 g/mol. The third kappa shape index (κ3) is 5.58. The van der Waals surface area contributed by atoms with E-state index in [2.05, 4.69) is 60.6 Å². The number of benzene rings is 1. The summed E-state index contributed by atoms with van der Waals surface area (Å²) in [5, 5.41) is 7.38. The third-order valence-electron chi connectivity index (χ3n) is 4.19. The predicted octanol–water partition coefficient (Wildman–Crippen LogP) is 3.97. The molecule has 0 radical (unpaired) electrons. The van der Waals surface area contributed by atoms with Crippen molar-refractivity contribution >= 4 is 23.0 Å². The molecule has 1 aliphatic rings. The molecule has 0 saturated carbocycles. The van der Waals surface area contributed by atoms with Crippen LogP contribution in [0.25, 0.3) is 0 Å². The van der Waals surface area contributed by atoms with E-state index in [9.17, 15) is 0 Å². The van der Waals surface area contributed by atoms with Crippen molar-refractivity contribution in [1.82, 2.24) is 10.2 Å². The van der Waals surface area contributed by atoms with Gasteiger partial charge in [-0.2, -0.15) is 0 Å². The van der Waals surface area contributed by atoms with E-state index in [4.69, 9.17) is 12.2 Å². The Morgan fingerprint density at radius 1 is 1.09 bits per heavy atom. The van der Waals surface area contributed by atoms with Gasteiger partial charge in [-0.3, -0.25) is 0 Å². The van der Waals surface area contributed by atoms with Crippen molar-refractivity contribution in [2.75, 3.05) is 25.0 Å². The largest absolute Gasteiger partial charge is 0.359 e. The molecule has 2 N–H and O–H groups in total. The van der Waals surface area contributed by atoms with Crippen molar-refractivity contribution in [2.24, 2.45) is 0 Å². The molecule has 1 saturated heterocycles. The zero-order chi connectivity index (χ0) is 15.9. The van der Waals surface area contributed by atoms with Gasteiger partial charge in [0, 0.05) is 18.3 Å². The van der Waals surface area contributed by atoms with E-state index < -0.39 is 0 Å². The molecule has 1 aromatic carbocycles. The fourth-order valence-electron chi connectivity index (χ4n) is 2.92. The first-order chi connectivity index (χ1) is 10.5. The highest BCUT2D eigenvalue weighted by Gasteiger charge is 2.13. The van der Waals surface area contributed by atoms with Gasteiger partial charge in [0.25, 0.3) is 0 Å². The molecule has 0 aromatic heterocycles. The maximum Gasteiger partial charge on any atom is 0.171 e. The fraction of sp³-hybridized carbons (Fsp3) is 0.611. The molecule has 1 fully saturated rings. The van der Waals surface area contributed by atoms with Crippen molar-refractivity contribution in [3.8, 4) is 0 Å². The van der Waals surface area contributed by atoms with E-state index in [1.54, 1.807) is 0 Å². The number of thiocarbonyl (C=S) groups is 1. The first kappa shape index (κ1) is 17.2. The standard InChI is InChI=1S/C18H29N3S/c1-14(2)16-7-9-17(10-8-16)20-18(22)19-15(3)13-21-11-5-4-6-12-21/h7-10,14-15H,4-6,11-13H2,1-3H3,(H2,19,20,22)/t15-/m1/s1. The molecule has 0 spiro atoms. The molecule has 1 atom stereocenters. The molecule has 0 unspecified atom stereocenters.